The van der Waals surface area contributed by atoms with Gasteiger partial charge >= 0.3 is 0 Å². The summed E-state index contributed by atoms with van der Waals surface area (Å²) in [5, 5.41) is 3.85. The molecule has 0 aromatic heterocycles. The van der Waals surface area contributed by atoms with E-state index in [0.29, 0.717) is 12.8 Å². The summed E-state index contributed by atoms with van der Waals surface area (Å²) in [5.41, 5.74) is 1.04. The molecule has 0 spiro atoms. The second-order valence-corrected chi connectivity index (χ2v) is 6.61. The van der Waals surface area contributed by atoms with Gasteiger partial charge in [-0.1, -0.05) is 12.1 Å². The van der Waals surface area contributed by atoms with Gasteiger partial charge in [0.25, 0.3) is 0 Å². The molecule has 1 atom stereocenters. The Bertz CT molecular complexity index is 605. The van der Waals surface area contributed by atoms with E-state index in [0.717, 1.165) is 16.7 Å². The minimum atomic E-state index is -3.13. The summed E-state index contributed by atoms with van der Waals surface area (Å²) in [6.45, 7) is 0. The maximum atomic E-state index is 11.7. The van der Waals surface area contributed by atoms with Gasteiger partial charge in [0.2, 0.25) is 5.91 Å². The van der Waals surface area contributed by atoms with Crippen molar-refractivity contribution in [3.63, 3.8) is 0 Å². The molecule has 0 fully saturated rings. The lowest BCUT2D eigenvalue weighted by atomic mass is 10.1. The zero-order chi connectivity index (χ0) is 14.6. The first kappa shape index (κ1) is 14.6. The summed E-state index contributed by atoms with van der Waals surface area (Å²) in [5.74, 6) is 0.591. The van der Waals surface area contributed by atoms with Gasteiger partial charge in [-0.2, -0.15) is 0 Å². The number of methoxy groups -OCH3 is 1. The molecule has 0 saturated heterocycles. The van der Waals surface area contributed by atoms with Gasteiger partial charge in [-0.05, 0) is 30.2 Å². The van der Waals surface area contributed by atoms with E-state index in [-0.39, 0.29) is 11.7 Å². The maximum absolute atomic E-state index is 11.7. The van der Waals surface area contributed by atoms with Crippen LogP contribution in [-0.2, 0) is 21.1 Å². The molecular weight excluding hydrogens is 278 g/mol. The monoisotopic (exact) mass is 295 g/mol. The Balaban J connectivity index is 1.79. The fourth-order valence-electron chi connectivity index (χ4n) is 1.99. The second kappa shape index (κ2) is 6.09. The number of nitrogens with one attached hydrogen (secondary N) is 1. The standard InChI is InChI=1S/C14H17NO4S/c1-19-13-5-2-11(3-6-13)4-7-14(16)15-12-8-9-20(17,18)10-12/h2-3,5-6,8-9,12H,4,7,10H2,1H3,(H,15,16). The SMILES string of the molecule is COc1ccc(CCC(=O)NC2C=CS(=O)(=O)C2)cc1. The first-order chi connectivity index (χ1) is 9.48. The smallest absolute Gasteiger partial charge is 0.220 e. The van der Waals surface area contributed by atoms with E-state index < -0.39 is 15.9 Å². The van der Waals surface area contributed by atoms with Gasteiger partial charge in [-0.25, -0.2) is 8.42 Å². The molecule has 1 amide bonds. The number of carbonyl (C=O) groups excluding carboxylic acids is 1. The lowest BCUT2D eigenvalue weighted by Gasteiger charge is -2.10. The third kappa shape index (κ3) is 4.09. The van der Waals surface area contributed by atoms with Crippen molar-refractivity contribution in [1.82, 2.24) is 5.32 Å². The van der Waals surface area contributed by atoms with Gasteiger partial charge < -0.3 is 10.1 Å². The number of ether oxygens (including phenoxy) is 1. The molecule has 0 aliphatic carbocycles. The van der Waals surface area contributed by atoms with Gasteiger partial charge in [0.05, 0.1) is 18.9 Å². The van der Waals surface area contributed by atoms with Crippen LogP contribution >= 0.6 is 0 Å². The molecule has 1 heterocycles. The molecule has 0 radical (unpaired) electrons. The highest BCUT2D eigenvalue weighted by atomic mass is 32.2. The summed E-state index contributed by atoms with van der Waals surface area (Å²) < 4.78 is 27.5. The molecule has 1 aromatic carbocycles. The highest BCUT2D eigenvalue weighted by Gasteiger charge is 2.22. The van der Waals surface area contributed by atoms with Gasteiger partial charge in [0.1, 0.15) is 5.75 Å². The van der Waals surface area contributed by atoms with Gasteiger partial charge in [0.15, 0.2) is 9.84 Å². The van der Waals surface area contributed by atoms with Crippen LogP contribution < -0.4 is 10.1 Å². The van der Waals surface area contributed by atoms with Crippen LogP contribution in [0.2, 0.25) is 0 Å². The van der Waals surface area contributed by atoms with Crippen LogP contribution in [0, 0.1) is 0 Å². The first-order valence-corrected chi connectivity index (χ1v) is 8.03. The number of carbonyl (C=O) groups is 1. The Kier molecular flexibility index (Phi) is 4.44. The summed E-state index contributed by atoms with van der Waals surface area (Å²) in [6, 6.07) is 7.11. The van der Waals surface area contributed by atoms with Crippen LogP contribution in [-0.4, -0.2) is 33.2 Å². The lowest BCUT2D eigenvalue weighted by molar-refractivity contribution is -0.121. The maximum Gasteiger partial charge on any atom is 0.220 e. The van der Waals surface area contributed by atoms with E-state index in [4.69, 9.17) is 4.74 Å². The number of sulfone groups is 1. The Morgan fingerprint density at radius 2 is 2.05 bits per heavy atom. The van der Waals surface area contributed by atoms with Crippen LogP contribution in [0.25, 0.3) is 0 Å². The topological polar surface area (TPSA) is 72.5 Å². The predicted octanol–water partition coefficient (Wildman–Crippen LogP) is 1.05. The summed E-state index contributed by atoms with van der Waals surface area (Å²) >= 11 is 0. The molecule has 0 saturated carbocycles. The van der Waals surface area contributed by atoms with E-state index in [1.807, 2.05) is 24.3 Å². The van der Waals surface area contributed by atoms with Gasteiger partial charge in [-0.3, -0.25) is 4.79 Å². The molecule has 0 bridgehead atoms. The Hall–Kier alpha value is -1.82. The molecule has 2 rings (SSSR count). The number of hydrogen-bond donors (Lipinski definition) is 1. The number of aryl methyl sites for hydroxylation is 1. The van der Waals surface area contributed by atoms with Crippen molar-refractivity contribution in [3.05, 3.63) is 41.3 Å². The van der Waals surface area contributed by atoms with Crippen LogP contribution in [0.4, 0.5) is 0 Å². The zero-order valence-corrected chi connectivity index (χ0v) is 12.0. The average Bonchev–Trinajstić information content (AvgIpc) is 2.76. The Morgan fingerprint density at radius 3 is 2.60 bits per heavy atom. The number of benzene rings is 1. The number of hydrogen-bond acceptors (Lipinski definition) is 4. The van der Waals surface area contributed by atoms with E-state index in [9.17, 15) is 13.2 Å². The number of amides is 1. The van der Waals surface area contributed by atoms with Crippen molar-refractivity contribution in [2.75, 3.05) is 12.9 Å². The molecule has 6 heteroatoms. The van der Waals surface area contributed by atoms with Crippen molar-refractivity contribution < 1.29 is 17.9 Å². The second-order valence-electron chi connectivity index (χ2n) is 4.68. The third-order valence-electron chi connectivity index (χ3n) is 3.08. The third-order valence-corrected chi connectivity index (χ3v) is 4.47. The highest BCUT2D eigenvalue weighted by Crippen LogP contribution is 2.13. The molecule has 1 aromatic rings. The van der Waals surface area contributed by atoms with Gasteiger partial charge in [-0.15, -0.1) is 0 Å². The van der Waals surface area contributed by atoms with E-state index in [2.05, 4.69) is 5.32 Å². The Morgan fingerprint density at radius 1 is 1.35 bits per heavy atom. The largest absolute Gasteiger partial charge is 0.497 e. The average molecular weight is 295 g/mol. The van der Waals surface area contributed by atoms with E-state index in [1.165, 1.54) is 6.08 Å². The quantitative estimate of drug-likeness (QED) is 0.881. The fourth-order valence-corrected chi connectivity index (χ4v) is 3.23. The van der Waals surface area contributed by atoms with Crippen LogP contribution in [0.1, 0.15) is 12.0 Å². The predicted molar refractivity (Wildman–Crippen MR) is 76.2 cm³/mol. The first-order valence-electron chi connectivity index (χ1n) is 6.32. The summed E-state index contributed by atoms with van der Waals surface area (Å²) in [7, 11) is -1.52. The van der Waals surface area contributed by atoms with Crippen molar-refractivity contribution in [3.8, 4) is 5.75 Å². The minimum Gasteiger partial charge on any atom is -0.497 e. The normalized spacial score (nSPS) is 19.8. The molecular formula is C14H17NO4S. The summed E-state index contributed by atoms with van der Waals surface area (Å²) in [6.07, 6.45) is 2.45. The lowest BCUT2D eigenvalue weighted by Crippen LogP contribution is -2.35. The van der Waals surface area contributed by atoms with Crippen LogP contribution in [0.3, 0.4) is 0 Å². The van der Waals surface area contributed by atoms with Crippen LogP contribution in [0.5, 0.6) is 5.75 Å². The molecule has 108 valence electrons. The molecule has 20 heavy (non-hydrogen) atoms. The molecule has 1 aliphatic rings. The summed E-state index contributed by atoms with van der Waals surface area (Å²) in [4.78, 5) is 11.7. The van der Waals surface area contributed by atoms with Crippen molar-refractivity contribution in [2.24, 2.45) is 0 Å². The van der Waals surface area contributed by atoms with Crippen molar-refractivity contribution in [1.29, 1.82) is 0 Å². The number of rotatable bonds is 5. The molecule has 1 N–H and O–H groups in total. The molecule has 5 nitrogen and oxygen atoms in total. The zero-order valence-electron chi connectivity index (χ0n) is 11.2. The van der Waals surface area contributed by atoms with Crippen molar-refractivity contribution in [2.45, 2.75) is 18.9 Å². The van der Waals surface area contributed by atoms with Gasteiger partial charge in [0, 0.05) is 11.8 Å². The van der Waals surface area contributed by atoms with Crippen molar-refractivity contribution >= 4 is 15.7 Å². The fraction of sp³-hybridized carbons (Fsp3) is 0.357. The molecule has 1 aliphatic heterocycles. The molecule has 1 unspecified atom stereocenters. The highest BCUT2D eigenvalue weighted by molar-refractivity contribution is 7.94. The van der Waals surface area contributed by atoms with E-state index in [1.54, 1.807) is 7.11 Å². The Labute approximate surface area is 118 Å². The van der Waals surface area contributed by atoms with Crippen LogP contribution in [0.15, 0.2) is 35.7 Å². The van der Waals surface area contributed by atoms with E-state index >= 15 is 0 Å². The minimum absolute atomic E-state index is 0.0404.